The van der Waals surface area contributed by atoms with Crippen LogP contribution < -0.4 is 0 Å². The minimum absolute atomic E-state index is 1.01. The molecule has 0 rings (SSSR count). The van der Waals surface area contributed by atoms with Gasteiger partial charge in [0.05, 0.1) is 18.3 Å². The third-order valence-corrected chi connectivity index (χ3v) is 1.68. The van der Waals surface area contributed by atoms with Crippen molar-refractivity contribution in [1.82, 2.24) is 0 Å². The summed E-state index contributed by atoms with van der Waals surface area (Å²) in [5, 5.41) is 33.7. The Balaban J connectivity index is 0. The molecular formula is C7H19BO6. The number of hydrogen-bond donors (Lipinski definition) is 4. The van der Waals surface area contributed by atoms with Crippen molar-refractivity contribution in [3.8, 4) is 0 Å². The van der Waals surface area contributed by atoms with Crippen LogP contribution in [0.5, 0.6) is 0 Å². The normalized spacial score (nSPS) is 11.8. The fraction of sp³-hybridized carbons (Fsp3) is 1.00. The first-order chi connectivity index (χ1) is 6.02. The molecule has 0 aliphatic rings. The zero-order valence-electron chi connectivity index (χ0n) is 9.18. The van der Waals surface area contributed by atoms with Gasteiger partial charge in [0.1, 0.15) is 0 Å². The van der Waals surface area contributed by atoms with Crippen molar-refractivity contribution >= 4 is 7.32 Å². The van der Waals surface area contributed by atoms with Crippen molar-refractivity contribution in [2.24, 2.45) is 0 Å². The fourth-order valence-electron chi connectivity index (χ4n) is 0.0861. The molecule has 0 bridgehead atoms. The maximum Gasteiger partial charge on any atom is 0.662 e. The van der Waals surface area contributed by atoms with Crippen LogP contribution in [0.25, 0.3) is 0 Å². The summed E-state index contributed by atoms with van der Waals surface area (Å²) in [4.78, 5) is 7.46. The molecule has 0 spiro atoms. The molecule has 4 N–H and O–H groups in total. The molecule has 0 heterocycles. The predicted octanol–water partition coefficient (Wildman–Crippen LogP) is -0.938. The van der Waals surface area contributed by atoms with Crippen LogP contribution in [0.2, 0.25) is 0 Å². The van der Waals surface area contributed by atoms with Crippen LogP contribution in [0, 0.1) is 0 Å². The molecule has 0 saturated heterocycles. The van der Waals surface area contributed by atoms with E-state index < -0.39 is 18.5 Å². The van der Waals surface area contributed by atoms with E-state index >= 15 is 0 Å². The van der Waals surface area contributed by atoms with E-state index in [0.717, 1.165) is 0 Å². The second-order valence-electron chi connectivity index (χ2n) is 3.71. The quantitative estimate of drug-likeness (QED) is 0.272. The lowest BCUT2D eigenvalue weighted by Gasteiger charge is -2.31. The predicted molar refractivity (Wildman–Crippen MR) is 50.9 cm³/mol. The molecule has 0 aromatic carbocycles. The first kappa shape index (κ1) is 16.3. The first-order valence-electron chi connectivity index (χ1n) is 4.02. The molecule has 0 unspecified atom stereocenters. The second kappa shape index (κ2) is 6.33. The third-order valence-electron chi connectivity index (χ3n) is 1.68. The van der Waals surface area contributed by atoms with Gasteiger partial charge in [-0.15, -0.1) is 0 Å². The maximum atomic E-state index is 9.10. The van der Waals surface area contributed by atoms with Crippen LogP contribution >= 0.6 is 0 Å². The molecule has 0 aliphatic heterocycles. The first-order valence-corrected chi connectivity index (χ1v) is 4.02. The fourth-order valence-corrected chi connectivity index (χ4v) is 0.0861. The average molecular weight is 210 g/mol. The highest BCUT2D eigenvalue weighted by atomic mass is 17.2. The number of aliphatic hydroxyl groups is 2. The Hall–Kier alpha value is -0.175. The smallest absolute Gasteiger partial charge is 0.400 e. The summed E-state index contributed by atoms with van der Waals surface area (Å²) in [5.74, 6) is 0. The van der Waals surface area contributed by atoms with Gasteiger partial charge in [0, 0.05) is 0 Å². The minimum Gasteiger partial charge on any atom is -0.400 e. The molecule has 86 valence electrons. The molecule has 0 amide bonds. The van der Waals surface area contributed by atoms with Crippen molar-refractivity contribution in [3.63, 3.8) is 0 Å². The van der Waals surface area contributed by atoms with E-state index in [2.05, 4.69) is 9.69 Å². The Morgan fingerprint density at radius 1 is 0.929 bits per heavy atom. The second-order valence-corrected chi connectivity index (χ2v) is 3.71. The number of rotatable bonds is 3. The summed E-state index contributed by atoms with van der Waals surface area (Å²) < 4.78 is 0. The van der Waals surface area contributed by atoms with E-state index in [-0.39, 0.29) is 0 Å². The van der Waals surface area contributed by atoms with Crippen LogP contribution in [0.3, 0.4) is 0 Å². The van der Waals surface area contributed by atoms with Crippen LogP contribution in [-0.4, -0.2) is 45.9 Å². The van der Waals surface area contributed by atoms with Crippen LogP contribution in [-0.2, 0) is 9.69 Å². The van der Waals surface area contributed by atoms with Crippen LogP contribution in [0.15, 0.2) is 0 Å². The van der Waals surface area contributed by atoms with Gasteiger partial charge >= 0.3 is 7.32 Å². The molecule has 0 saturated carbocycles. The van der Waals surface area contributed by atoms with Gasteiger partial charge in [-0.2, -0.15) is 0 Å². The molecule has 0 aromatic rings. The number of hydrogen-bond acceptors (Lipinski definition) is 6. The Kier molecular flexibility index (Phi) is 7.36. The lowest BCUT2D eigenvalue weighted by atomic mass is 9.90. The zero-order valence-corrected chi connectivity index (χ0v) is 9.18. The molecule has 0 radical (unpaired) electrons. The Morgan fingerprint density at radius 3 is 1.21 bits per heavy atom. The van der Waals surface area contributed by atoms with E-state index in [9.17, 15) is 0 Å². The van der Waals surface area contributed by atoms with Gasteiger partial charge in [0.15, 0.2) is 0 Å². The standard InChI is InChI=1S/C6H14O2.CH5BO4/c1-5(2,7)6(3,4)8;1-5-6-2(3)4/h7-8H,1-4H3;3-4H,1H3. The van der Waals surface area contributed by atoms with Gasteiger partial charge in [-0.3, -0.25) is 4.89 Å². The third kappa shape index (κ3) is 9.91. The monoisotopic (exact) mass is 210 g/mol. The highest BCUT2D eigenvalue weighted by molar-refractivity contribution is 6.32. The minimum atomic E-state index is -1.82. The van der Waals surface area contributed by atoms with Crippen molar-refractivity contribution < 1.29 is 30.0 Å². The zero-order chi connectivity index (χ0) is 12.0. The summed E-state index contributed by atoms with van der Waals surface area (Å²) in [7, 11) is -0.644. The summed E-state index contributed by atoms with van der Waals surface area (Å²) in [5.41, 5.74) is -2.01. The lowest BCUT2D eigenvalue weighted by molar-refractivity contribution is -0.208. The van der Waals surface area contributed by atoms with Crippen molar-refractivity contribution in [2.45, 2.75) is 38.9 Å². The lowest BCUT2D eigenvalue weighted by Crippen LogP contribution is -2.44. The molecule has 0 fully saturated rings. The molecule has 0 aliphatic carbocycles. The van der Waals surface area contributed by atoms with Crippen molar-refractivity contribution in [2.75, 3.05) is 7.11 Å². The topological polar surface area (TPSA) is 99.4 Å². The molecule has 0 aromatic heterocycles. The van der Waals surface area contributed by atoms with Crippen molar-refractivity contribution in [1.29, 1.82) is 0 Å². The molecule has 0 atom stereocenters. The Labute approximate surface area is 84.2 Å². The maximum absolute atomic E-state index is 9.10. The largest absolute Gasteiger partial charge is 0.662 e. The van der Waals surface area contributed by atoms with E-state index in [1.54, 1.807) is 27.7 Å². The summed E-state index contributed by atoms with van der Waals surface area (Å²) >= 11 is 0. The van der Waals surface area contributed by atoms with Gasteiger partial charge in [0.2, 0.25) is 0 Å². The van der Waals surface area contributed by atoms with Crippen LogP contribution in [0.1, 0.15) is 27.7 Å². The van der Waals surface area contributed by atoms with E-state index in [0.29, 0.717) is 0 Å². The van der Waals surface area contributed by atoms with E-state index in [4.69, 9.17) is 20.3 Å². The van der Waals surface area contributed by atoms with E-state index in [1.165, 1.54) is 7.11 Å². The van der Waals surface area contributed by atoms with Crippen molar-refractivity contribution in [3.05, 3.63) is 0 Å². The van der Waals surface area contributed by atoms with Gasteiger partial charge < -0.3 is 20.3 Å². The SMILES string of the molecule is CC(C)(O)C(C)(C)O.COOB(O)O. The summed E-state index contributed by atoms with van der Waals surface area (Å²) in [6, 6.07) is 0. The van der Waals surface area contributed by atoms with Gasteiger partial charge in [-0.05, 0) is 27.7 Å². The highest BCUT2D eigenvalue weighted by Crippen LogP contribution is 2.19. The molecular weight excluding hydrogens is 191 g/mol. The molecule has 7 heteroatoms. The Morgan fingerprint density at radius 2 is 1.21 bits per heavy atom. The van der Waals surface area contributed by atoms with Gasteiger partial charge in [-0.1, -0.05) is 0 Å². The summed E-state index contributed by atoms with van der Waals surface area (Å²) in [6.45, 7) is 6.31. The Bertz CT molecular complexity index is 124. The van der Waals surface area contributed by atoms with Crippen LogP contribution in [0.4, 0.5) is 0 Å². The van der Waals surface area contributed by atoms with E-state index in [1.807, 2.05) is 0 Å². The van der Waals surface area contributed by atoms with Gasteiger partial charge in [-0.25, -0.2) is 4.81 Å². The summed E-state index contributed by atoms with van der Waals surface area (Å²) in [6.07, 6.45) is 0. The van der Waals surface area contributed by atoms with Gasteiger partial charge in [0.25, 0.3) is 0 Å². The molecule has 6 nitrogen and oxygen atoms in total. The highest BCUT2D eigenvalue weighted by Gasteiger charge is 2.31. The molecule has 14 heavy (non-hydrogen) atoms. The average Bonchev–Trinajstić information content (AvgIpc) is 1.82.